The van der Waals surface area contributed by atoms with Crippen LogP contribution in [0.25, 0.3) is 109 Å². The Morgan fingerprint density at radius 2 is 1.22 bits per heavy atom. The largest absolute Gasteiger partial charge is 0.300 e. The molecule has 0 radical (unpaired) electrons. The molecule has 2 spiro atoms. The maximum atomic E-state index is 13.2. The summed E-state index contributed by atoms with van der Waals surface area (Å²) in [6, 6.07) is 26.8. The van der Waals surface area contributed by atoms with Gasteiger partial charge in [-0.15, -0.1) is 0 Å². The van der Waals surface area contributed by atoms with E-state index in [0.29, 0.717) is 30.5 Å². The number of hydrogen-bond donors (Lipinski definition) is 0. The van der Waals surface area contributed by atoms with Gasteiger partial charge in [0.05, 0.1) is 0 Å². The fourth-order valence-electron chi connectivity index (χ4n) is 17.0. The van der Waals surface area contributed by atoms with E-state index in [2.05, 4.69) is 91.0 Å². The van der Waals surface area contributed by atoms with Crippen LogP contribution in [0.15, 0.2) is 96.1 Å². The van der Waals surface area contributed by atoms with Crippen molar-refractivity contribution in [2.24, 2.45) is 5.92 Å². The summed E-state index contributed by atoms with van der Waals surface area (Å²) in [6.07, 6.45) is 13.6. The lowest BCUT2D eigenvalue weighted by Gasteiger charge is -2.44. The number of rotatable bonds is 6. The first-order valence-electron chi connectivity index (χ1n) is 20.4. The monoisotopic (exact) mass is 680 g/mol. The van der Waals surface area contributed by atoms with Gasteiger partial charge in [0, 0.05) is 40.9 Å². The summed E-state index contributed by atoms with van der Waals surface area (Å²) in [5, 5.41) is 29.1. The molecule has 7 aliphatic carbocycles. The molecule has 246 valence electrons. The van der Waals surface area contributed by atoms with Crippen LogP contribution in [0.5, 0.6) is 0 Å². The number of fused-ring (bicyclic) bond motifs is 3. The van der Waals surface area contributed by atoms with Crippen molar-refractivity contribution >= 4 is 114 Å². The minimum Gasteiger partial charge on any atom is -0.300 e. The second-order valence-electron chi connectivity index (χ2n) is 18.5. The topological polar surface area (TPSA) is 17.1 Å². The number of ketones is 1. The van der Waals surface area contributed by atoms with Crippen molar-refractivity contribution in [3.05, 3.63) is 129 Å². The van der Waals surface area contributed by atoms with E-state index in [-0.39, 0.29) is 16.2 Å². The maximum Gasteiger partial charge on any atom is 0.132 e. The van der Waals surface area contributed by atoms with Gasteiger partial charge < -0.3 is 0 Å². The summed E-state index contributed by atoms with van der Waals surface area (Å²) >= 11 is 0. The molecule has 5 atom stereocenters. The van der Waals surface area contributed by atoms with Crippen molar-refractivity contribution in [1.82, 2.24) is 0 Å². The van der Waals surface area contributed by atoms with Crippen molar-refractivity contribution in [1.29, 1.82) is 0 Å². The van der Waals surface area contributed by atoms with E-state index in [0.717, 1.165) is 12.8 Å². The second kappa shape index (κ2) is 6.86. The molecule has 54 heavy (non-hydrogen) atoms. The number of hydrogen-bond acceptors (Lipinski definition) is 1. The molecule has 0 N–H and O–H groups in total. The first-order valence-corrected chi connectivity index (χ1v) is 20.4. The van der Waals surface area contributed by atoms with E-state index in [4.69, 9.17) is 0 Å². The molecule has 0 aromatic heterocycles. The third-order valence-corrected chi connectivity index (χ3v) is 17.7. The van der Waals surface area contributed by atoms with Crippen LogP contribution in [0, 0.1) is 5.92 Å². The minimum atomic E-state index is -0.176. The third-order valence-electron chi connectivity index (χ3n) is 17.7. The van der Waals surface area contributed by atoms with Gasteiger partial charge in [0.1, 0.15) is 5.78 Å². The number of Topliss-reactive ketones (excluding diaryl/α,β-unsaturated/α-hetero) is 1. The van der Waals surface area contributed by atoms with E-state index in [1.165, 1.54) is 64.8 Å². The van der Waals surface area contributed by atoms with Crippen LogP contribution in [0.1, 0.15) is 66.3 Å². The van der Waals surface area contributed by atoms with E-state index in [1.807, 2.05) is 6.92 Å². The molecular weight excluding hydrogens is 653 g/mol. The Morgan fingerprint density at radius 3 is 1.98 bits per heavy atom. The average Bonchev–Trinajstić information content (AvgIpc) is 3.89. The Balaban J connectivity index is 1.22. The van der Waals surface area contributed by atoms with E-state index in [9.17, 15) is 4.79 Å². The Bertz CT molecular complexity index is 3930. The maximum absolute atomic E-state index is 13.2. The van der Waals surface area contributed by atoms with Crippen LogP contribution in [-0.2, 0) is 21.0 Å². The Morgan fingerprint density at radius 1 is 0.593 bits per heavy atom. The molecule has 1 fully saturated rings. The summed E-state index contributed by atoms with van der Waals surface area (Å²) in [7, 11) is 0. The lowest BCUT2D eigenvalue weighted by atomic mass is 9.57. The molecule has 0 saturated heterocycles. The Kier molecular flexibility index (Phi) is 3.21. The van der Waals surface area contributed by atoms with Crippen LogP contribution in [-0.4, -0.2) is 5.78 Å². The molecule has 5 unspecified atom stereocenters. The third kappa shape index (κ3) is 1.77. The van der Waals surface area contributed by atoms with Crippen molar-refractivity contribution in [3.63, 3.8) is 0 Å². The van der Waals surface area contributed by atoms with Gasteiger partial charge in [0.25, 0.3) is 0 Å². The van der Waals surface area contributed by atoms with Gasteiger partial charge in [0.2, 0.25) is 0 Å². The van der Waals surface area contributed by atoms with Crippen LogP contribution >= 0.6 is 0 Å². The summed E-state index contributed by atoms with van der Waals surface area (Å²) in [6.45, 7) is 2.04. The van der Waals surface area contributed by atoms with Crippen molar-refractivity contribution in [3.8, 4) is 0 Å². The smallest absolute Gasteiger partial charge is 0.132 e. The molecule has 0 heterocycles. The Labute approximate surface area is 307 Å². The van der Waals surface area contributed by atoms with Gasteiger partial charge >= 0.3 is 0 Å². The van der Waals surface area contributed by atoms with Crippen LogP contribution in [0.4, 0.5) is 0 Å². The van der Waals surface area contributed by atoms with Gasteiger partial charge in [-0.25, -0.2) is 0 Å². The normalized spacial score (nSPS) is 28.8. The molecule has 0 aliphatic heterocycles. The van der Waals surface area contributed by atoms with Crippen molar-refractivity contribution in [2.45, 2.75) is 54.8 Å². The minimum absolute atomic E-state index is 0.122. The zero-order valence-electron chi connectivity index (χ0n) is 29.6. The highest BCUT2D eigenvalue weighted by Crippen LogP contribution is 2.96. The first kappa shape index (κ1) is 25.3. The summed E-state index contributed by atoms with van der Waals surface area (Å²) in [5.41, 5.74) is 12.3. The quantitative estimate of drug-likeness (QED) is 0.160. The zero-order chi connectivity index (χ0) is 34.3. The lowest BCUT2D eigenvalue weighted by molar-refractivity contribution is -0.118. The zero-order valence-corrected chi connectivity index (χ0v) is 29.6. The highest BCUT2D eigenvalue weighted by atomic mass is 16.1. The van der Waals surface area contributed by atoms with Gasteiger partial charge in [-0.1, -0.05) is 98.0 Å². The van der Waals surface area contributed by atoms with E-state index in [1.54, 1.807) is 81.9 Å². The SMILES string of the molecule is CCC(=O)CCCC1(c2ccccc2)C23C4=C5C=CC6=c7ccc8c9ccc%10c%11ccc%12c(c2c2c%13c%14c%15c(c7c8c7c%15c%13c(c%11c%122)c%10c97)C6C5C%1413)C=C4. The highest BCUT2D eigenvalue weighted by molar-refractivity contribution is 6.60. The van der Waals surface area contributed by atoms with Crippen LogP contribution in [0.3, 0.4) is 0 Å². The number of allylic oxidation sites excluding steroid dienone is 5. The van der Waals surface area contributed by atoms with Gasteiger partial charge in [-0.2, -0.15) is 0 Å². The van der Waals surface area contributed by atoms with E-state index >= 15 is 0 Å². The standard InChI is InChI=1S/C53H28O/c1-2-22(54)9-6-20-51(21-7-4-3-5-8-21)52-32-19-18-30-29-15-14-26-25-11-10-23-24-12-13-27-28-16-17-31(32)49-39(28)42-36(27)35(24)40-33(23)34(25)41-37(26)38(29)45(48(30)52)47-44(41)43(40)46(42)50(47)53(49,51)52/h3-5,7-8,10-19,39,49H,2,6,9,20H2,1H3. The molecule has 11 aromatic rings. The molecule has 1 heteroatoms. The van der Waals surface area contributed by atoms with Crippen molar-refractivity contribution < 1.29 is 4.79 Å². The fourth-order valence-corrected chi connectivity index (χ4v) is 17.0. The number of carbonyl (C=O) groups excluding carboxylic acids is 1. The van der Waals surface area contributed by atoms with Gasteiger partial charge in [-0.3, -0.25) is 4.79 Å². The molecule has 7 aliphatic rings. The highest BCUT2D eigenvalue weighted by Gasteiger charge is 2.96. The van der Waals surface area contributed by atoms with Gasteiger partial charge in [-0.05, 0) is 160 Å². The Hall–Kier alpha value is -5.79. The molecule has 11 aromatic carbocycles. The molecule has 1 nitrogen and oxygen atoms in total. The number of benzene rings is 7. The number of carbonyl (C=O) groups is 1. The predicted molar refractivity (Wildman–Crippen MR) is 222 cm³/mol. The van der Waals surface area contributed by atoms with Crippen LogP contribution < -0.4 is 5.22 Å². The summed E-state index contributed by atoms with van der Waals surface area (Å²) in [4.78, 5) is 13.2. The average molecular weight is 681 g/mol. The van der Waals surface area contributed by atoms with Crippen molar-refractivity contribution in [2.75, 3.05) is 0 Å². The molecule has 1 saturated carbocycles. The molecule has 18 rings (SSSR count). The predicted octanol–water partition coefficient (Wildman–Crippen LogP) is 11.8. The molecule has 0 amide bonds. The first-order chi connectivity index (χ1) is 26.7. The van der Waals surface area contributed by atoms with E-state index < -0.39 is 0 Å². The summed E-state index contributed by atoms with van der Waals surface area (Å²) in [5.74, 6) is 1.11. The molecule has 0 bridgehead atoms. The fraction of sp³-hybridized carbons (Fsp3) is 0.189. The summed E-state index contributed by atoms with van der Waals surface area (Å²) < 4.78 is 0. The van der Waals surface area contributed by atoms with Gasteiger partial charge in [0.15, 0.2) is 0 Å². The van der Waals surface area contributed by atoms with Crippen LogP contribution in [0.2, 0.25) is 0 Å². The molecular formula is C53H28O. The lowest BCUT2D eigenvalue weighted by Crippen LogP contribution is -2.38. The second-order valence-corrected chi connectivity index (χ2v) is 18.5.